The van der Waals surface area contributed by atoms with E-state index in [4.69, 9.17) is 49.2 Å². The molecule has 0 aliphatic heterocycles. The van der Waals surface area contributed by atoms with Crippen molar-refractivity contribution in [1.29, 1.82) is 0 Å². The van der Waals surface area contributed by atoms with E-state index in [1.807, 2.05) is 96.9 Å². The minimum atomic E-state index is -0.751. The van der Waals surface area contributed by atoms with E-state index in [0.717, 1.165) is 25.9 Å². The van der Waals surface area contributed by atoms with Crippen LogP contribution in [0.4, 0.5) is 0 Å². The molecule has 0 bridgehead atoms. The molecule has 0 spiro atoms. The second-order valence-electron chi connectivity index (χ2n) is 21.4. The lowest BCUT2D eigenvalue weighted by Crippen LogP contribution is -2.31. The molecule has 1 fully saturated rings. The summed E-state index contributed by atoms with van der Waals surface area (Å²) in [5.41, 5.74) is -0.0610. The Kier molecular flexibility index (Phi) is 32.2. The molecule has 10 heteroatoms. The maximum atomic E-state index is 8.97. The van der Waals surface area contributed by atoms with Crippen LogP contribution >= 0.6 is 0 Å². The van der Waals surface area contributed by atoms with E-state index in [1.54, 1.807) is 0 Å². The van der Waals surface area contributed by atoms with Crippen LogP contribution < -0.4 is 0 Å². The SMILES string of the molecule is CC(C)(C)OCC(O)CO.CC(C)(C)OCC1(CO)CC1.CC(C)(CO)COC(C)(C)C.CCC(CC)(CC)COC(C)(C)C.CCC(CO)COC(C)(C)C. The smallest absolute Gasteiger partial charge is 0.100 e. The van der Waals surface area contributed by atoms with Crippen LogP contribution in [0.1, 0.15) is 184 Å². The van der Waals surface area contributed by atoms with Crippen molar-refractivity contribution in [2.75, 3.05) is 59.5 Å². The number of ether oxygens (including phenoxy) is 5. The standard InChI is InChI=1S/C12H26O.C9H18O2.2C9H20O2.C7H16O3/c1-7-12(8-2,9-3)10-13-11(4,5)6;1-8(2,3)11-7-9(6-10)4-5-9;1-8(2,3)11-7-9(4,5)6-10;1-5-8(6-10)7-11-9(2,3)4;1-7(2,3)10-5-6(9)4-8/h7-10H2,1-6H3;10H,4-7H2,1-3H3;10H,6-7H2,1-5H3;8,10H,5-7H2,1-4H3;6,8-9H,4-5H2,1-3H3. The molecule has 0 radical (unpaired) electrons. The predicted molar refractivity (Wildman–Crippen MR) is 235 cm³/mol. The summed E-state index contributed by atoms with van der Waals surface area (Å²) in [6, 6.07) is 0. The van der Waals surface area contributed by atoms with Crippen molar-refractivity contribution in [3.05, 3.63) is 0 Å². The summed E-state index contributed by atoms with van der Waals surface area (Å²) >= 11 is 0. The van der Waals surface area contributed by atoms with Crippen LogP contribution in [0.3, 0.4) is 0 Å². The first-order valence-electron chi connectivity index (χ1n) is 21.4. The first kappa shape index (κ1) is 62.3. The molecule has 5 N–H and O–H groups in total. The fraction of sp³-hybridized carbons (Fsp3) is 1.00. The minimum absolute atomic E-state index is 0.00472. The van der Waals surface area contributed by atoms with Gasteiger partial charge in [-0.3, -0.25) is 0 Å². The highest BCUT2D eigenvalue weighted by Crippen LogP contribution is 2.45. The Labute approximate surface area is 348 Å². The molecule has 56 heavy (non-hydrogen) atoms. The van der Waals surface area contributed by atoms with Gasteiger partial charge in [-0.2, -0.15) is 0 Å². The van der Waals surface area contributed by atoms with E-state index in [0.29, 0.717) is 31.2 Å². The zero-order chi connectivity index (χ0) is 45.3. The number of hydrogen-bond donors (Lipinski definition) is 5. The van der Waals surface area contributed by atoms with Gasteiger partial charge in [-0.05, 0) is 148 Å². The Hall–Kier alpha value is -0.400. The fourth-order valence-corrected chi connectivity index (χ4v) is 3.84. The summed E-state index contributed by atoms with van der Waals surface area (Å²) < 4.78 is 27.7. The van der Waals surface area contributed by atoms with Gasteiger partial charge in [0.25, 0.3) is 0 Å². The van der Waals surface area contributed by atoms with Crippen molar-refractivity contribution >= 4 is 0 Å². The summed E-state index contributed by atoms with van der Waals surface area (Å²) in [7, 11) is 0. The monoisotopic (exact) mass is 813 g/mol. The van der Waals surface area contributed by atoms with Gasteiger partial charge in [-0.15, -0.1) is 0 Å². The molecule has 1 saturated carbocycles. The minimum Gasteiger partial charge on any atom is -0.396 e. The van der Waals surface area contributed by atoms with Crippen molar-refractivity contribution in [3.8, 4) is 0 Å². The van der Waals surface area contributed by atoms with Crippen LogP contribution in [0.25, 0.3) is 0 Å². The first-order valence-corrected chi connectivity index (χ1v) is 21.4. The molecule has 0 saturated heterocycles. The number of hydrogen-bond acceptors (Lipinski definition) is 10. The van der Waals surface area contributed by atoms with Gasteiger partial charge in [0, 0.05) is 23.4 Å². The molecular weight excluding hydrogens is 712 g/mol. The molecule has 1 aliphatic carbocycles. The fourth-order valence-electron chi connectivity index (χ4n) is 3.84. The second kappa shape index (κ2) is 29.0. The summed E-state index contributed by atoms with van der Waals surface area (Å²) in [5, 5.41) is 44.0. The predicted octanol–water partition coefficient (Wildman–Crippen LogP) is 9.39. The topological polar surface area (TPSA) is 147 Å². The van der Waals surface area contributed by atoms with Crippen LogP contribution in [-0.2, 0) is 23.7 Å². The van der Waals surface area contributed by atoms with Gasteiger partial charge in [-0.25, -0.2) is 0 Å². The Morgan fingerprint density at radius 3 is 1.14 bits per heavy atom. The van der Waals surface area contributed by atoms with Crippen LogP contribution in [0.15, 0.2) is 0 Å². The zero-order valence-corrected chi connectivity index (χ0v) is 41.0. The maximum Gasteiger partial charge on any atom is 0.100 e. The van der Waals surface area contributed by atoms with E-state index in [9.17, 15) is 0 Å². The highest BCUT2D eigenvalue weighted by atomic mass is 16.5. The van der Waals surface area contributed by atoms with Crippen molar-refractivity contribution in [1.82, 2.24) is 0 Å². The van der Waals surface area contributed by atoms with Gasteiger partial charge >= 0.3 is 0 Å². The first-order chi connectivity index (χ1) is 25.1. The van der Waals surface area contributed by atoms with Crippen molar-refractivity contribution in [2.24, 2.45) is 22.2 Å². The van der Waals surface area contributed by atoms with E-state index in [-0.39, 0.29) is 71.9 Å². The molecule has 1 aliphatic rings. The van der Waals surface area contributed by atoms with Gasteiger partial charge in [-0.1, -0.05) is 41.5 Å². The van der Waals surface area contributed by atoms with Crippen LogP contribution in [0, 0.1) is 22.2 Å². The molecule has 1 rings (SSSR count). The van der Waals surface area contributed by atoms with Crippen molar-refractivity contribution < 1.29 is 49.2 Å². The third-order valence-electron chi connectivity index (χ3n) is 9.00. The third kappa shape index (κ3) is 43.2. The normalized spacial score (nSPS) is 15.8. The van der Waals surface area contributed by atoms with E-state index < -0.39 is 6.10 Å². The Bertz CT molecular complexity index is 861. The summed E-state index contributed by atoms with van der Waals surface area (Å²) in [5.74, 6) is 0.300. The molecule has 2 unspecified atom stereocenters. The molecule has 0 aromatic rings. The molecule has 0 amide bonds. The molecular formula is C46H100O10. The second-order valence-corrected chi connectivity index (χ2v) is 21.4. The molecule has 344 valence electrons. The lowest BCUT2D eigenvalue weighted by atomic mass is 9.80. The Morgan fingerprint density at radius 1 is 0.500 bits per heavy atom. The highest BCUT2D eigenvalue weighted by Gasteiger charge is 2.43. The number of aliphatic hydroxyl groups is 5. The van der Waals surface area contributed by atoms with Crippen LogP contribution in [0.2, 0.25) is 0 Å². The lowest BCUT2D eigenvalue weighted by molar-refractivity contribution is -0.0613. The molecule has 0 aromatic heterocycles. The Morgan fingerprint density at radius 2 is 0.875 bits per heavy atom. The average molecular weight is 813 g/mol. The molecule has 2 atom stereocenters. The summed E-state index contributed by atoms with van der Waals surface area (Å²) in [6.45, 7) is 46.7. The zero-order valence-electron chi connectivity index (χ0n) is 41.0. The van der Waals surface area contributed by atoms with Crippen molar-refractivity contribution in [3.63, 3.8) is 0 Å². The number of aliphatic hydroxyl groups excluding tert-OH is 5. The van der Waals surface area contributed by atoms with E-state index in [1.165, 1.54) is 19.3 Å². The maximum absolute atomic E-state index is 8.97. The van der Waals surface area contributed by atoms with Gasteiger partial charge in [0.2, 0.25) is 0 Å². The van der Waals surface area contributed by atoms with Crippen LogP contribution in [-0.4, -0.2) is 119 Å². The molecule has 0 aromatic carbocycles. The van der Waals surface area contributed by atoms with Gasteiger partial charge in [0.05, 0.1) is 80.9 Å². The lowest BCUT2D eigenvalue weighted by Gasteiger charge is -2.33. The van der Waals surface area contributed by atoms with Gasteiger partial charge in [0.15, 0.2) is 0 Å². The summed E-state index contributed by atoms with van der Waals surface area (Å²) in [6.07, 6.45) is 6.13. The highest BCUT2D eigenvalue weighted by molar-refractivity contribution is 4.92. The largest absolute Gasteiger partial charge is 0.396 e. The molecule has 10 nitrogen and oxygen atoms in total. The van der Waals surface area contributed by atoms with Crippen molar-refractivity contribution in [2.45, 2.75) is 218 Å². The Balaban J connectivity index is -0.000000303. The van der Waals surface area contributed by atoms with Crippen LogP contribution in [0.5, 0.6) is 0 Å². The third-order valence-corrected chi connectivity index (χ3v) is 9.00. The van der Waals surface area contributed by atoms with Gasteiger partial charge < -0.3 is 49.2 Å². The average Bonchev–Trinajstić information content (AvgIpc) is 3.87. The summed E-state index contributed by atoms with van der Waals surface area (Å²) in [4.78, 5) is 0. The number of rotatable bonds is 18. The quantitative estimate of drug-likeness (QED) is 0.0907. The van der Waals surface area contributed by atoms with Gasteiger partial charge in [0.1, 0.15) is 6.10 Å². The van der Waals surface area contributed by atoms with E-state index in [2.05, 4.69) is 48.5 Å². The van der Waals surface area contributed by atoms with E-state index >= 15 is 0 Å². The molecule has 0 heterocycles.